The Balaban J connectivity index is 1.63. The number of carbonyl (C=O) groups is 2. The summed E-state index contributed by atoms with van der Waals surface area (Å²) in [5.74, 6) is 0.575. The van der Waals surface area contributed by atoms with Crippen LogP contribution in [0.5, 0.6) is 0 Å². The van der Waals surface area contributed by atoms with Crippen molar-refractivity contribution < 1.29 is 9.59 Å². The van der Waals surface area contributed by atoms with Crippen LogP contribution in [-0.2, 0) is 10.2 Å². The first kappa shape index (κ1) is 17.2. The zero-order chi connectivity index (χ0) is 18.3. The number of nitrogens with zero attached hydrogens (tertiary/aromatic N) is 3. The van der Waals surface area contributed by atoms with Gasteiger partial charge in [0.25, 0.3) is 5.91 Å². The van der Waals surface area contributed by atoms with Crippen LogP contribution in [0.1, 0.15) is 42.7 Å². The highest BCUT2D eigenvalue weighted by molar-refractivity contribution is 7.08. The average molecular weight is 369 g/mol. The molecule has 2 aliphatic rings. The number of hydrogen-bond acceptors (Lipinski definition) is 4. The molecule has 2 aromatic rings. The van der Waals surface area contributed by atoms with Gasteiger partial charge in [0.05, 0.1) is 22.4 Å². The molecule has 1 spiro atoms. The zero-order valence-electron chi connectivity index (χ0n) is 15.1. The van der Waals surface area contributed by atoms with Crippen LogP contribution in [0.15, 0.2) is 35.2 Å². The van der Waals surface area contributed by atoms with Gasteiger partial charge in [-0.2, -0.15) is 11.3 Å². The van der Waals surface area contributed by atoms with Crippen molar-refractivity contribution in [3.8, 4) is 0 Å². The summed E-state index contributed by atoms with van der Waals surface area (Å²) >= 11 is 1.53. The van der Waals surface area contributed by atoms with Crippen molar-refractivity contribution >= 4 is 28.8 Å². The van der Waals surface area contributed by atoms with Crippen LogP contribution in [0.2, 0.25) is 0 Å². The van der Waals surface area contributed by atoms with Gasteiger partial charge in [0, 0.05) is 37.6 Å². The number of carbonyl (C=O) groups excluding carboxylic acids is 2. The van der Waals surface area contributed by atoms with Crippen molar-refractivity contribution in [1.29, 1.82) is 0 Å². The Morgan fingerprint density at radius 1 is 1.31 bits per heavy atom. The molecule has 0 radical (unpaired) electrons. The first-order chi connectivity index (χ1) is 12.5. The summed E-state index contributed by atoms with van der Waals surface area (Å²) in [6.07, 6.45) is 3.22. The van der Waals surface area contributed by atoms with E-state index in [4.69, 9.17) is 0 Å². The third-order valence-corrected chi connectivity index (χ3v) is 6.03. The van der Waals surface area contributed by atoms with E-state index < -0.39 is 0 Å². The molecule has 0 saturated carbocycles. The third kappa shape index (κ3) is 2.82. The van der Waals surface area contributed by atoms with E-state index in [-0.39, 0.29) is 17.2 Å². The maximum atomic E-state index is 13.0. The fourth-order valence-electron chi connectivity index (χ4n) is 4.10. The van der Waals surface area contributed by atoms with Gasteiger partial charge in [-0.1, -0.05) is 13.8 Å². The van der Waals surface area contributed by atoms with Crippen LogP contribution in [0, 0.1) is 5.92 Å². The molecule has 1 fully saturated rings. The SMILES string of the molecule is CC(C)CC(=O)N1CC[C@@]2(C1)CN(C(=O)c1ccsc1)c1cccnc12. The third-order valence-electron chi connectivity index (χ3n) is 5.34. The van der Waals surface area contributed by atoms with Gasteiger partial charge in [-0.05, 0) is 35.9 Å². The molecule has 2 aliphatic heterocycles. The number of pyridine rings is 1. The van der Waals surface area contributed by atoms with Gasteiger partial charge >= 0.3 is 0 Å². The van der Waals surface area contributed by atoms with Crippen LogP contribution in [-0.4, -0.2) is 41.3 Å². The molecule has 0 N–H and O–H groups in total. The van der Waals surface area contributed by atoms with Crippen molar-refractivity contribution in [3.05, 3.63) is 46.4 Å². The van der Waals surface area contributed by atoms with E-state index in [1.165, 1.54) is 11.3 Å². The molecule has 2 aromatic heterocycles. The van der Waals surface area contributed by atoms with E-state index in [9.17, 15) is 9.59 Å². The highest BCUT2D eigenvalue weighted by Crippen LogP contribution is 2.45. The average Bonchev–Trinajstić information content (AvgIpc) is 3.35. The number of fused-ring (bicyclic) bond motifs is 2. The first-order valence-electron chi connectivity index (χ1n) is 9.07. The maximum absolute atomic E-state index is 13.0. The lowest BCUT2D eigenvalue weighted by atomic mass is 9.85. The molecule has 4 rings (SSSR count). The van der Waals surface area contributed by atoms with E-state index >= 15 is 0 Å². The minimum atomic E-state index is -0.241. The fraction of sp³-hybridized carbons (Fsp3) is 0.450. The molecule has 0 unspecified atom stereocenters. The topological polar surface area (TPSA) is 53.5 Å². The minimum absolute atomic E-state index is 0.0179. The Bertz CT molecular complexity index is 833. The van der Waals surface area contributed by atoms with Gasteiger partial charge in [0.15, 0.2) is 0 Å². The molecule has 0 bridgehead atoms. The second-order valence-electron chi connectivity index (χ2n) is 7.72. The minimum Gasteiger partial charge on any atom is -0.342 e. The lowest BCUT2D eigenvalue weighted by Gasteiger charge is -2.25. The molecule has 26 heavy (non-hydrogen) atoms. The van der Waals surface area contributed by atoms with E-state index in [1.807, 2.05) is 38.8 Å². The molecular formula is C20H23N3O2S. The van der Waals surface area contributed by atoms with Gasteiger partial charge in [-0.3, -0.25) is 14.6 Å². The number of rotatable bonds is 3. The van der Waals surface area contributed by atoms with Crippen LogP contribution in [0.25, 0.3) is 0 Å². The number of amides is 2. The largest absolute Gasteiger partial charge is 0.342 e. The Hall–Kier alpha value is -2.21. The van der Waals surface area contributed by atoms with Crippen molar-refractivity contribution in [2.75, 3.05) is 24.5 Å². The molecule has 136 valence electrons. The van der Waals surface area contributed by atoms with Crippen LogP contribution in [0.3, 0.4) is 0 Å². The summed E-state index contributed by atoms with van der Waals surface area (Å²) in [5, 5.41) is 3.81. The van der Waals surface area contributed by atoms with Gasteiger partial charge in [0.2, 0.25) is 5.91 Å². The number of thiophene rings is 1. The highest BCUT2D eigenvalue weighted by atomic mass is 32.1. The standard InChI is InChI=1S/C20H23N3O2S/c1-14(2)10-17(24)22-8-6-20(12-22)13-23(16-4-3-7-21-18(16)20)19(25)15-5-9-26-11-15/h3-5,7,9,11,14H,6,8,10,12-13H2,1-2H3/t20-/m1/s1. The molecule has 0 aliphatic carbocycles. The maximum Gasteiger partial charge on any atom is 0.259 e. The normalized spacial score (nSPS) is 21.7. The predicted molar refractivity (Wildman–Crippen MR) is 103 cm³/mol. The lowest BCUT2D eigenvalue weighted by Crippen LogP contribution is -2.40. The second-order valence-corrected chi connectivity index (χ2v) is 8.50. The Morgan fingerprint density at radius 3 is 2.88 bits per heavy atom. The van der Waals surface area contributed by atoms with Crippen LogP contribution >= 0.6 is 11.3 Å². The zero-order valence-corrected chi connectivity index (χ0v) is 16.0. The van der Waals surface area contributed by atoms with Crippen molar-refractivity contribution in [2.45, 2.75) is 32.1 Å². The monoisotopic (exact) mass is 369 g/mol. The summed E-state index contributed by atoms with van der Waals surface area (Å²) in [6, 6.07) is 5.71. The molecular weight excluding hydrogens is 346 g/mol. The Morgan fingerprint density at radius 2 is 2.15 bits per heavy atom. The van der Waals surface area contributed by atoms with Crippen LogP contribution in [0.4, 0.5) is 5.69 Å². The van der Waals surface area contributed by atoms with Gasteiger partial charge < -0.3 is 9.80 Å². The van der Waals surface area contributed by atoms with Crippen LogP contribution < -0.4 is 4.90 Å². The van der Waals surface area contributed by atoms with E-state index in [2.05, 4.69) is 18.8 Å². The van der Waals surface area contributed by atoms with E-state index in [1.54, 1.807) is 6.20 Å². The molecule has 1 atom stereocenters. The molecule has 6 heteroatoms. The van der Waals surface area contributed by atoms with Crippen molar-refractivity contribution in [2.24, 2.45) is 5.92 Å². The Kier molecular flexibility index (Phi) is 4.31. The molecule has 1 saturated heterocycles. The van der Waals surface area contributed by atoms with Gasteiger partial charge in [0.1, 0.15) is 0 Å². The quantitative estimate of drug-likeness (QED) is 0.834. The van der Waals surface area contributed by atoms with Gasteiger partial charge in [-0.15, -0.1) is 0 Å². The van der Waals surface area contributed by atoms with Crippen molar-refractivity contribution in [3.63, 3.8) is 0 Å². The summed E-state index contributed by atoms with van der Waals surface area (Å²) in [7, 11) is 0. The number of likely N-dealkylation sites (tertiary alicyclic amines) is 1. The summed E-state index contributed by atoms with van der Waals surface area (Å²) in [6.45, 7) is 6.12. The molecule has 4 heterocycles. The molecule has 2 amide bonds. The Labute approximate surface area is 157 Å². The lowest BCUT2D eigenvalue weighted by molar-refractivity contribution is -0.131. The molecule has 5 nitrogen and oxygen atoms in total. The summed E-state index contributed by atoms with van der Waals surface area (Å²) < 4.78 is 0. The number of hydrogen-bond donors (Lipinski definition) is 0. The number of anilines is 1. The fourth-order valence-corrected chi connectivity index (χ4v) is 4.72. The number of aromatic nitrogens is 1. The van der Waals surface area contributed by atoms with E-state index in [0.29, 0.717) is 31.0 Å². The predicted octanol–water partition coefficient (Wildman–Crippen LogP) is 3.32. The summed E-state index contributed by atoms with van der Waals surface area (Å²) in [5.41, 5.74) is 2.33. The highest BCUT2D eigenvalue weighted by Gasteiger charge is 2.50. The molecule has 0 aromatic carbocycles. The van der Waals surface area contributed by atoms with Gasteiger partial charge in [-0.25, -0.2) is 0 Å². The first-order valence-corrected chi connectivity index (χ1v) is 10.0. The second kappa shape index (κ2) is 6.50. The van der Waals surface area contributed by atoms with E-state index in [0.717, 1.165) is 24.3 Å². The van der Waals surface area contributed by atoms with Crippen molar-refractivity contribution in [1.82, 2.24) is 9.88 Å². The smallest absolute Gasteiger partial charge is 0.259 e. The summed E-state index contributed by atoms with van der Waals surface area (Å²) in [4.78, 5) is 34.0.